The zero-order valence-electron chi connectivity index (χ0n) is 27.7. The number of carbonyl (C=O) groups excluding carboxylic acids is 1. The van der Waals surface area contributed by atoms with Gasteiger partial charge < -0.3 is 9.47 Å². The van der Waals surface area contributed by atoms with Crippen molar-refractivity contribution in [1.82, 2.24) is 0 Å². The first-order valence-corrected chi connectivity index (χ1v) is 18.4. The van der Waals surface area contributed by atoms with E-state index in [9.17, 15) is 4.79 Å². The lowest BCUT2D eigenvalue weighted by Gasteiger charge is -2.58. The monoisotopic (exact) mass is 571 g/mol. The van der Waals surface area contributed by atoms with Crippen LogP contribution in [0.3, 0.4) is 0 Å². The number of allylic oxidation sites excluding steroid dienone is 1. The predicted octanol–water partition coefficient (Wildman–Crippen LogP) is 12.0. The maximum atomic E-state index is 12.5. The molecule has 0 radical (unpaired) electrons. The van der Waals surface area contributed by atoms with Crippen molar-refractivity contribution in [2.75, 3.05) is 6.61 Å². The van der Waals surface area contributed by atoms with E-state index < -0.39 is 6.16 Å². The lowest BCUT2D eigenvalue weighted by atomic mass is 9.47. The molecule has 0 aliphatic heterocycles. The van der Waals surface area contributed by atoms with Crippen LogP contribution in [0.1, 0.15) is 175 Å². The molecule has 0 saturated heterocycles. The van der Waals surface area contributed by atoms with Crippen molar-refractivity contribution < 1.29 is 14.3 Å². The number of fused-ring (bicyclic) bond motifs is 5. The average Bonchev–Trinajstić information content (AvgIpc) is 3.30. The van der Waals surface area contributed by atoms with Gasteiger partial charge >= 0.3 is 6.16 Å². The summed E-state index contributed by atoms with van der Waals surface area (Å²) in [5.74, 6) is 3.56. The molecule has 0 aromatic rings. The Morgan fingerprint density at radius 3 is 2.15 bits per heavy atom. The molecule has 236 valence electrons. The van der Waals surface area contributed by atoms with Crippen molar-refractivity contribution in [3.05, 3.63) is 11.6 Å². The summed E-state index contributed by atoms with van der Waals surface area (Å²) >= 11 is 0. The summed E-state index contributed by atoms with van der Waals surface area (Å²) in [6.45, 7) is 10.3. The average molecular weight is 571 g/mol. The molecule has 0 N–H and O–H groups in total. The summed E-state index contributed by atoms with van der Waals surface area (Å²) in [7, 11) is 0. The van der Waals surface area contributed by atoms with Crippen LogP contribution in [0, 0.1) is 34.5 Å². The van der Waals surface area contributed by atoms with Crippen molar-refractivity contribution >= 4 is 6.16 Å². The predicted molar refractivity (Wildman–Crippen MR) is 172 cm³/mol. The molecular weight excluding hydrogens is 504 g/mol. The van der Waals surface area contributed by atoms with E-state index in [0.29, 0.717) is 17.4 Å². The lowest BCUT2D eigenvalue weighted by molar-refractivity contribution is -0.0563. The Labute approximate surface area is 254 Å². The van der Waals surface area contributed by atoms with Crippen molar-refractivity contribution in [3.8, 4) is 0 Å². The molecule has 7 atom stereocenters. The molecule has 0 bridgehead atoms. The van der Waals surface area contributed by atoms with Crippen molar-refractivity contribution in [2.24, 2.45) is 34.5 Å². The number of hydrogen-bond donors (Lipinski definition) is 0. The molecule has 4 aliphatic rings. The molecule has 0 spiro atoms. The van der Waals surface area contributed by atoms with E-state index in [0.717, 1.165) is 49.4 Å². The molecule has 0 aromatic carbocycles. The Morgan fingerprint density at radius 1 is 0.780 bits per heavy atom. The first-order valence-electron chi connectivity index (χ1n) is 18.4. The summed E-state index contributed by atoms with van der Waals surface area (Å²) < 4.78 is 11.3. The van der Waals surface area contributed by atoms with Crippen LogP contribution in [0.5, 0.6) is 0 Å². The molecule has 0 unspecified atom stereocenters. The Morgan fingerprint density at radius 2 is 1.44 bits per heavy atom. The van der Waals surface area contributed by atoms with Crippen LogP contribution in [0.25, 0.3) is 0 Å². The third-order valence-electron chi connectivity index (χ3n) is 12.6. The minimum atomic E-state index is -0.438. The van der Waals surface area contributed by atoms with Crippen LogP contribution in [0.15, 0.2) is 11.6 Å². The van der Waals surface area contributed by atoms with Crippen LogP contribution in [-0.2, 0) is 9.47 Å². The Balaban J connectivity index is 1.20. The standard InChI is InChI=1S/C38H66O3/c1-5-7-9-11-13-14-16-18-28-40-36(39)41-32-24-26-38(4)31(29-32)20-22-33-34-23-21-30(19-17-15-12-10-8-6-2)37(34,3)27-25-35(33)38/h20,30,32-35H,5-19,21-29H2,1-4H3/t30-,32-,33-,34+,35-,37+,38-/m0/s1. The van der Waals surface area contributed by atoms with Gasteiger partial charge in [-0.15, -0.1) is 0 Å². The van der Waals surface area contributed by atoms with Gasteiger partial charge in [-0.1, -0.05) is 123 Å². The van der Waals surface area contributed by atoms with Crippen molar-refractivity contribution in [2.45, 2.75) is 181 Å². The molecule has 0 heterocycles. The highest BCUT2D eigenvalue weighted by Crippen LogP contribution is 2.66. The second-order valence-corrected chi connectivity index (χ2v) is 15.2. The molecule has 3 fully saturated rings. The molecular formula is C38H66O3. The van der Waals surface area contributed by atoms with E-state index in [-0.39, 0.29) is 6.10 Å². The number of ether oxygens (including phenoxy) is 2. The van der Waals surface area contributed by atoms with Crippen molar-refractivity contribution in [3.63, 3.8) is 0 Å². The van der Waals surface area contributed by atoms with Gasteiger partial charge in [0, 0.05) is 6.42 Å². The second kappa shape index (κ2) is 16.2. The zero-order chi connectivity index (χ0) is 29.1. The van der Waals surface area contributed by atoms with Crippen molar-refractivity contribution in [1.29, 1.82) is 0 Å². The van der Waals surface area contributed by atoms with Crippen LogP contribution >= 0.6 is 0 Å². The third-order valence-corrected chi connectivity index (χ3v) is 12.6. The molecule has 3 nitrogen and oxygen atoms in total. The highest BCUT2D eigenvalue weighted by molar-refractivity contribution is 5.60. The van der Waals surface area contributed by atoms with E-state index in [2.05, 4.69) is 33.8 Å². The Kier molecular flexibility index (Phi) is 13.0. The zero-order valence-corrected chi connectivity index (χ0v) is 27.7. The minimum absolute atomic E-state index is 0.000940. The van der Waals surface area contributed by atoms with Gasteiger partial charge in [-0.25, -0.2) is 4.79 Å². The van der Waals surface area contributed by atoms with E-state index in [4.69, 9.17) is 9.47 Å². The van der Waals surface area contributed by atoms with Gasteiger partial charge in [0.1, 0.15) is 6.10 Å². The first-order chi connectivity index (χ1) is 19.9. The third kappa shape index (κ3) is 8.35. The Bertz CT molecular complexity index is 818. The van der Waals surface area contributed by atoms with Crippen LogP contribution in [-0.4, -0.2) is 18.9 Å². The van der Waals surface area contributed by atoms with E-state index >= 15 is 0 Å². The molecule has 0 amide bonds. The number of rotatable bonds is 17. The van der Waals surface area contributed by atoms with Crippen LogP contribution < -0.4 is 0 Å². The largest absolute Gasteiger partial charge is 0.508 e. The summed E-state index contributed by atoms with van der Waals surface area (Å²) in [4.78, 5) is 12.5. The van der Waals surface area contributed by atoms with Gasteiger partial charge in [-0.05, 0) is 92.3 Å². The van der Waals surface area contributed by atoms with E-state index in [1.165, 1.54) is 122 Å². The maximum absolute atomic E-state index is 12.5. The fourth-order valence-electron chi connectivity index (χ4n) is 10.0. The second-order valence-electron chi connectivity index (χ2n) is 15.2. The first kappa shape index (κ1) is 32.9. The molecule has 4 aliphatic carbocycles. The molecule has 4 rings (SSSR count). The SMILES string of the molecule is CCCCCCCCCCOC(=O)O[C@H]1CC[C@@]2(C)C(=CC[C@H]3[C@H]4CC[C@H](CCCCCCCC)[C@@]4(C)CC[C@@H]32)C1. The highest BCUT2D eigenvalue weighted by Gasteiger charge is 2.58. The summed E-state index contributed by atoms with van der Waals surface area (Å²) in [5.41, 5.74) is 2.48. The van der Waals surface area contributed by atoms with E-state index in [1.807, 2.05) is 0 Å². The molecule has 41 heavy (non-hydrogen) atoms. The van der Waals surface area contributed by atoms with Gasteiger partial charge in [-0.2, -0.15) is 0 Å². The van der Waals surface area contributed by atoms with Gasteiger partial charge in [-0.3, -0.25) is 0 Å². The van der Waals surface area contributed by atoms with Gasteiger partial charge in [0.15, 0.2) is 0 Å². The number of unbranched alkanes of at least 4 members (excludes halogenated alkanes) is 12. The highest BCUT2D eigenvalue weighted by atomic mass is 16.7. The van der Waals surface area contributed by atoms with Crippen LogP contribution in [0.2, 0.25) is 0 Å². The fraction of sp³-hybridized carbons (Fsp3) is 0.921. The minimum Gasteiger partial charge on any atom is -0.434 e. The normalized spacial score (nSPS) is 34.3. The van der Waals surface area contributed by atoms with Gasteiger partial charge in [0.2, 0.25) is 0 Å². The summed E-state index contributed by atoms with van der Waals surface area (Å²) in [5, 5.41) is 0. The molecule has 3 saturated carbocycles. The number of carbonyl (C=O) groups is 1. The lowest BCUT2D eigenvalue weighted by Crippen LogP contribution is -2.50. The fourth-order valence-corrected chi connectivity index (χ4v) is 10.0. The maximum Gasteiger partial charge on any atom is 0.508 e. The number of hydrogen-bond acceptors (Lipinski definition) is 3. The van der Waals surface area contributed by atoms with E-state index in [1.54, 1.807) is 5.57 Å². The smallest absolute Gasteiger partial charge is 0.434 e. The van der Waals surface area contributed by atoms with Crippen LogP contribution in [0.4, 0.5) is 4.79 Å². The molecule has 3 heteroatoms. The topological polar surface area (TPSA) is 35.5 Å². The Hall–Kier alpha value is -0.990. The molecule has 0 aromatic heterocycles. The summed E-state index contributed by atoms with van der Waals surface area (Å²) in [6, 6.07) is 0. The van der Waals surface area contributed by atoms with Gasteiger partial charge in [0.25, 0.3) is 0 Å². The van der Waals surface area contributed by atoms with Gasteiger partial charge in [0.05, 0.1) is 6.61 Å². The summed E-state index contributed by atoms with van der Waals surface area (Å²) in [6.07, 6.45) is 32.3. The quantitative estimate of drug-likeness (QED) is 0.0991.